The van der Waals surface area contributed by atoms with Crippen LogP contribution in [-0.2, 0) is 0 Å². The second-order valence-corrected chi connectivity index (χ2v) is 9.16. The van der Waals surface area contributed by atoms with E-state index in [9.17, 15) is 13.9 Å². The Morgan fingerprint density at radius 1 is 0.974 bits per heavy atom. The number of likely N-dealkylation sites (N-methyl/N-ethyl adjacent to an activating group) is 1. The molecule has 0 aliphatic rings. The minimum absolute atomic E-state index is 0.189. The van der Waals surface area contributed by atoms with Gasteiger partial charge in [-0.15, -0.1) is 0 Å². The molecule has 1 unspecified atom stereocenters. The summed E-state index contributed by atoms with van der Waals surface area (Å²) < 4.78 is 34.1. The van der Waals surface area contributed by atoms with E-state index in [2.05, 4.69) is 15.3 Å². The van der Waals surface area contributed by atoms with Crippen molar-refractivity contribution in [1.82, 2.24) is 14.9 Å². The number of aliphatic hydroxyl groups is 1. The molecular formula is C30H31F2N5O2. The van der Waals surface area contributed by atoms with Gasteiger partial charge in [-0.25, -0.2) is 18.7 Å². The fourth-order valence-electron chi connectivity index (χ4n) is 3.89. The van der Waals surface area contributed by atoms with Crippen molar-refractivity contribution in [3.05, 3.63) is 108 Å². The van der Waals surface area contributed by atoms with Gasteiger partial charge in [0.15, 0.2) is 0 Å². The van der Waals surface area contributed by atoms with Gasteiger partial charge in [-0.3, -0.25) is 0 Å². The summed E-state index contributed by atoms with van der Waals surface area (Å²) in [5.74, 6) is 0.216. The van der Waals surface area contributed by atoms with E-state index in [1.807, 2.05) is 73.6 Å². The molecule has 0 radical (unpaired) electrons. The summed E-state index contributed by atoms with van der Waals surface area (Å²) in [4.78, 5) is 12.2. The number of nitrogens with one attached hydrogen (secondary N) is 1. The average Bonchev–Trinajstić information content (AvgIpc) is 2.92. The zero-order chi connectivity index (χ0) is 27.6. The molecule has 1 heterocycles. The normalized spacial score (nSPS) is 12.1. The molecule has 1 atom stereocenters. The van der Waals surface area contributed by atoms with Gasteiger partial charge in [0.25, 0.3) is 0 Å². The van der Waals surface area contributed by atoms with E-state index in [0.29, 0.717) is 30.5 Å². The summed E-state index contributed by atoms with van der Waals surface area (Å²) >= 11 is 0. The van der Waals surface area contributed by atoms with E-state index < -0.39 is 17.7 Å². The number of halogens is 2. The lowest BCUT2D eigenvalue weighted by Crippen LogP contribution is -2.30. The number of aliphatic hydroxyl groups excluding tert-OH is 1. The predicted molar refractivity (Wildman–Crippen MR) is 151 cm³/mol. The highest BCUT2D eigenvalue weighted by atomic mass is 19.1. The minimum atomic E-state index is -0.692. The molecule has 2 N–H and O–H groups in total. The van der Waals surface area contributed by atoms with Gasteiger partial charge in [0.2, 0.25) is 0 Å². The maximum Gasteiger partial charge on any atom is 0.149 e. The molecule has 3 aromatic carbocycles. The molecule has 0 aliphatic carbocycles. The molecule has 0 aliphatic heterocycles. The summed E-state index contributed by atoms with van der Waals surface area (Å²) in [6.07, 6.45) is 4.62. The molecule has 0 saturated carbocycles. The van der Waals surface area contributed by atoms with Gasteiger partial charge in [-0.1, -0.05) is 42.5 Å². The Morgan fingerprint density at radius 2 is 1.74 bits per heavy atom. The molecule has 1 aromatic heterocycles. The topological polar surface area (TPSA) is 73.8 Å². The highest BCUT2D eigenvalue weighted by Gasteiger charge is 2.16. The van der Waals surface area contributed by atoms with Crippen molar-refractivity contribution >= 4 is 29.1 Å². The zero-order valence-electron chi connectivity index (χ0n) is 21.8. The second-order valence-electron chi connectivity index (χ2n) is 9.16. The highest BCUT2D eigenvalue weighted by Crippen LogP contribution is 2.29. The smallest absolute Gasteiger partial charge is 0.149 e. The number of benzene rings is 3. The van der Waals surface area contributed by atoms with E-state index in [0.717, 1.165) is 17.3 Å². The lowest BCUT2D eigenvalue weighted by atomic mass is 10.2. The van der Waals surface area contributed by atoms with Gasteiger partial charge in [-0.2, -0.15) is 0 Å². The number of hydrogen-bond acceptors (Lipinski definition) is 7. The molecule has 202 valence electrons. The molecule has 4 aromatic rings. The molecule has 39 heavy (non-hydrogen) atoms. The Kier molecular flexibility index (Phi) is 9.55. The third-order valence-electron chi connectivity index (χ3n) is 5.67. The van der Waals surface area contributed by atoms with Gasteiger partial charge < -0.3 is 25.0 Å². The van der Waals surface area contributed by atoms with Crippen LogP contribution in [0.1, 0.15) is 5.56 Å². The van der Waals surface area contributed by atoms with Gasteiger partial charge in [0, 0.05) is 30.9 Å². The predicted octanol–water partition coefficient (Wildman–Crippen LogP) is 5.65. The zero-order valence-corrected chi connectivity index (χ0v) is 21.8. The number of nitrogens with zero attached hydrogens (tertiary/aromatic N) is 4. The average molecular weight is 532 g/mol. The SMILES string of the molecule is CN(C)CC(O)COc1ccc(Nc2cc(N(C/C=C/c3ccccc3)c3ccc(F)cc3F)ncn2)cc1. The first kappa shape index (κ1) is 27.7. The summed E-state index contributed by atoms with van der Waals surface area (Å²) in [5.41, 5.74) is 1.95. The first-order valence-electron chi connectivity index (χ1n) is 12.5. The second kappa shape index (κ2) is 13.5. The maximum absolute atomic E-state index is 14.8. The summed E-state index contributed by atoms with van der Waals surface area (Å²) in [6, 6.07) is 22.1. The van der Waals surface area contributed by atoms with Crippen molar-refractivity contribution < 1.29 is 18.6 Å². The Balaban J connectivity index is 1.49. The first-order valence-corrected chi connectivity index (χ1v) is 12.5. The molecule has 0 amide bonds. The number of ether oxygens (including phenoxy) is 1. The van der Waals surface area contributed by atoms with Crippen LogP contribution in [0.5, 0.6) is 5.75 Å². The largest absolute Gasteiger partial charge is 0.491 e. The third kappa shape index (κ3) is 8.33. The number of hydrogen-bond donors (Lipinski definition) is 2. The molecule has 4 rings (SSSR count). The first-order chi connectivity index (χ1) is 18.9. The maximum atomic E-state index is 14.8. The molecule has 0 spiro atoms. The van der Waals surface area contributed by atoms with E-state index in [1.165, 1.54) is 18.5 Å². The minimum Gasteiger partial charge on any atom is -0.491 e. The molecule has 0 saturated heterocycles. The fraction of sp³-hybridized carbons (Fsp3) is 0.200. The quantitative estimate of drug-likeness (QED) is 0.245. The van der Waals surface area contributed by atoms with Crippen LogP contribution in [0.2, 0.25) is 0 Å². The van der Waals surface area contributed by atoms with E-state index in [4.69, 9.17) is 4.74 Å². The number of rotatable bonds is 12. The van der Waals surface area contributed by atoms with Crippen molar-refractivity contribution in [3.63, 3.8) is 0 Å². The highest BCUT2D eigenvalue weighted by molar-refractivity contribution is 5.66. The lowest BCUT2D eigenvalue weighted by Gasteiger charge is -2.23. The van der Waals surface area contributed by atoms with Crippen LogP contribution in [-0.4, -0.2) is 59.9 Å². The van der Waals surface area contributed by atoms with Crippen molar-refractivity contribution in [3.8, 4) is 5.75 Å². The molecule has 0 fully saturated rings. The van der Waals surface area contributed by atoms with Crippen LogP contribution in [0, 0.1) is 11.6 Å². The van der Waals surface area contributed by atoms with Crippen molar-refractivity contribution in [2.45, 2.75) is 6.10 Å². The fourth-order valence-corrected chi connectivity index (χ4v) is 3.89. The van der Waals surface area contributed by atoms with Crippen molar-refractivity contribution in [1.29, 1.82) is 0 Å². The Bertz CT molecular complexity index is 1370. The van der Waals surface area contributed by atoms with Crippen molar-refractivity contribution in [2.75, 3.05) is 44.0 Å². The van der Waals surface area contributed by atoms with Crippen LogP contribution in [0.25, 0.3) is 6.08 Å². The molecule has 9 heteroatoms. The van der Waals surface area contributed by atoms with Crippen LogP contribution in [0.15, 0.2) is 91.3 Å². The van der Waals surface area contributed by atoms with Crippen molar-refractivity contribution in [2.24, 2.45) is 0 Å². The lowest BCUT2D eigenvalue weighted by molar-refractivity contribution is 0.0831. The van der Waals surface area contributed by atoms with Gasteiger partial charge in [0.05, 0.1) is 5.69 Å². The summed E-state index contributed by atoms with van der Waals surface area (Å²) in [6.45, 7) is 0.991. The van der Waals surface area contributed by atoms with Crippen LogP contribution in [0.4, 0.5) is 31.8 Å². The van der Waals surface area contributed by atoms with E-state index in [1.54, 1.807) is 23.1 Å². The van der Waals surface area contributed by atoms with Crippen LogP contribution in [0.3, 0.4) is 0 Å². The standard InChI is InChI=1S/C30H31F2N5O2/c1-36(2)19-25(38)20-39-26-13-11-24(12-14-26)35-29-18-30(34-21-33-29)37(28-15-10-23(31)17-27(28)32)16-6-9-22-7-4-3-5-8-22/h3-15,17-18,21,25,38H,16,19-20H2,1-2H3,(H,33,34,35)/b9-6+. The van der Waals surface area contributed by atoms with E-state index in [-0.39, 0.29) is 12.3 Å². The molecule has 7 nitrogen and oxygen atoms in total. The Hall–Kier alpha value is -4.34. The van der Waals surface area contributed by atoms with Gasteiger partial charge >= 0.3 is 0 Å². The molecular weight excluding hydrogens is 500 g/mol. The van der Waals surface area contributed by atoms with E-state index >= 15 is 0 Å². The van der Waals surface area contributed by atoms with Gasteiger partial charge in [0.1, 0.15) is 48.1 Å². The molecule has 0 bridgehead atoms. The van der Waals surface area contributed by atoms with Gasteiger partial charge in [-0.05, 0) is 56.1 Å². The number of aromatic nitrogens is 2. The summed E-state index contributed by atoms with van der Waals surface area (Å²) in [7, 11) is 3.78. The monoisotopic (exact) mass is 531 g/mol. The van der Waals surface area contributed by atoms with Crippen LogP contribution >= 0.6 is 0 Å². The Labute approximate surface area is 227 Å². The van der Waals surface area contributed by atoms with Crippen LogP contribution < -0.4 is 15.0 Å². The third-order valence-corrected chi connectivity index (χ3v) is 5.67. The number of anilines is 4. The summed E-state index contributed by atoms with van der Waals surface area (Å²) in [5, 5.41) is 13.2. The Morgan fingerprint density at radius 3 is 2.46 bits per heavy atom.